The summed E-state index contributed by atoms with van der Waals surface area (Å²) < 4.78 is 44.5. The Morgan fingerprint density at radius 3 is 2.41 bits per heavy atom. The fraction of sp³-hybridized carbons (Fsp3) is 0.316. The maximum absolute atomic E-state index is 12.8. The second kappa shape index (κ2) is 8.60. The van der Waals surface area contributed by atoms with Crippen molar-refractivity contribution < 1.29 is 27.4 Å². The van der Waals surface area contributed by atoms with Gasteiger partial charge >= 0.3 is 0 Å². The van der Waals surface area contributed by atoms with Crippen LogP contribution in [0.15, 0.2) is 39.7 Å². The average Bonchev–Trinajstić information content (AvgIpc) is 2.67. The molecule has 156 valence electrons. The summed E-state index contributed by atoms with van der Waals surface area (Å²) in [5.74, 6) is 0.772. The van der Waals surface area contributed by atoms with Crippen molar-refractivity contribution in [3.05, 3.63) is 40.4 Å². The molecule has 0 saturated carbocycles. The van der Waals surface area contributed by atoms with Crippen LogP contribution < -0.4 is 24.2 Å². The van der Waals surface area contributed by atoms with Gasteiger partial charge in [-0.2, -0.15) is 0 Å². The highest BCUT2D eigenvalue weighted by Gasteiger charge is 2.23. The average molecular weight is 485 g/mol. The number of rotatable bonds is 6. The van der Waals surface area contributed by atoms with Gasteiger partial charge in [-0.1, -0.05) is 0 Å². The lowest BCUT2D eigenvalue weighted by molar-refractivity contribution is 0.102. The molecule has 10 heteroatoms. The molecule has 2 aromatic rings. The van der Waals surface area contributed by atoms with Gasteiger partial charge in [-0.15, -0.1) is 0 Å². The summed E-state index contributed by atoms with van der Waals surface area (Å²) in [5.41, 5.74) is 0.636. The number of amides is 1. The second-order valence-electron chi connectivity index (χ2n) is 6.57. The third-order valence-electron chi connectivity index (χ3n) is 3.99. The molecule has 0 spiro atoms. The lowest BCUT2D eigenvalue weighted by Crippen LogP contribution is -2.30. The topological polar surface area (TPSA) is 103 Å². The van der Waals surface area contributed by atoms with E-state index in [2.05, 4.69) is 26.0 Å². The number of methoxy groups -OCH3 is 1. The number of halogens is 1. The van der Waals surface area contributed by atoms with E-state index >= 15 is 0 Å². The minimum atomic E-state index is -3.85. The Hall–Kier alpha value is -2.30. The standard InChI is InChI=1S/C19H21BrN2O6S/c1-11(2)22-29(24,25)18-8-12(4-5-15(18)26-3)19(23)21-14-10-17-16(9-13(14)20)27-6-7-28-17/h4-5,8-11,22H,6-7H2,1-3H3,(H,21,23). The van der Waals surface area contributed by atoms with Crippen molar-refractivity contribution in [2.75, 3.05) is 25.6 Å². The van der Waals surface area contributed by atoms with E-state index in [0.29, 0.717) is 34.9 Å². The molecular weight excluding hydrogens is 464 g/mol. The molecule has 1 amide bonds. The van der Waals surface area contributed by atoms with Crippen LogP contribution >= 0.6 is 15.9 Å². The zero-order chi connectivity index (χ0) is 21.2. The second-order valence-corrected chi connectivity index (χ2v) is 9.11. The number of hydrogen-bond donors (Lipinski definition) is 2. The number of carbonyl (C=O) groups is 1. The molecule has 0 aromatic heterocycles. The highest BCUT2D eigenvalue weighted by Crippen LogP contribution is 2.38. The monoisotopic (exact) mass is 484 g/mol. The Kier molecular flexibility index (Phi) is 6.35. The number of benzene rings is 2. The van der Waals surface area contributed by atoms with Crippen LogP contribution in [0.2, 0.25) is 0 Å². The number of carbonyl (C=O) groups excluding carboxylic acids is 1. The molecular formula is C19H21BrN2O6S. The number of anilines is 1. The normalized spacial score (nSPS) is 13.3. The van der Waals surface area contributed by atoms with E-state index in [1.165, 1.54) is 25.3 Å². The van der Waals surface area contributed by atoms with E-state index < -0.39 is 15.9 Å². The SMILES string of the molecule is COc1ccc(C(=O)Nc2cc3c(cc2Br)OCCO3)cc1S(=O)(=O)NC(C)C. The maximum Gasteiger partial charge on any atom is 0.255 e. The molecule has 0 fully saturated rings. The molecule has 1 aliphatic heterocycles. The summed E-state index contributed by atoms with van der Waals surface area (Å²) in [6, 6.07) is 7.27. The van der Waals surface area contributed by atoms with Gasteiger partial charge in [0.25, 0.3) is 5.91 Å². The van der Waals surface area contributed by atoms with Gasteiger partial charge in [-0.05, 0) is 48.0 Å². The Morgan fingerprint density at radius 1 is 1.14 bits per heavy atom. The van der Waals surface area contributed by atoms with Crippen LogP contribution in [-0.4, -0.2) is 40.7 Å². The highest BCUT2D eigenvalue weighted by molar-refractivity contribution is 9.10. The molecule has 0 bridgehead atoms. The molecule has 29 heavy (non-hydrogen) atoms. The number of sulfonamides is 1. The maximum atomic E-state index is 12.8. The fourth-order valence-corrected chi connectivity index (χ4v) is 4.62. The van der Waals surface area contributed by atoms with Gasteiger partial charge in [-0.25, -0.2) is 13.1 Å². The van der Waals surface area contributed by atoms with Crippen molar-refractivity contribution in [3.8, 4) is 17.2 Å². The fourth-order valence-electron chi connectivity index (χ4n) is 2.76. The summed E-state index contributed by atoms with van der Waals surface area (Å²) in [5, 5.41) is 2.76. The van der Waals surface area contributed by atoms with Crippen molar-refractivity contribution >= 4 is 37.5 Å². The Morgan fingerprint density at radius 2 is 1.79 bits per heavy atom. The third kappa shape index (κ3) is 4.82. The van der Waals surface area contributed by atoms with E-state index in [4.69, 9.17) is 14.2 Å². The molecule has 3 rings (SSSR count). The molecule has 0 atom stereocenters. The van der Waals surface area contributed by atoms with E-state index in [9.17, 15) is 13.2 Å². The Labute approximate surface area is 177 Å². The quantitative estimate of drug-likeness (QED) is 0.652. The van der Waals surface area contributed by atoms with Crippen LogP contribution in [0.3, 0.4) is 0 Å². The lowest BCUT2D eigenvalue weighted by Gasteiger charge is -2.20. The van der Waals surface area contributed by atoms with Crippen molar-refractivity contribution in [2.45, 2.75) is 24.8 Å². The van der Waals surface area contributed by atoms with Gasteiger partial charge in [0.1, 0.15) is 23.9 Å². The molecule has 8 nitrogen and oxygen atoms in total. The molecule has 0 aliphatic carbocycles. The van der Waals surface area contributed by atoms with Crippen molar-refractivity contribution in [3.63, 3.8) is 0 Å². The molecule has 1 aliphatic rings. The molecule has 2 aromatic carbocycles. The first-order chi connectivity index (χ1) is 13.7. The first-order valence-electron chi connectivity index (χ1n) is 8.82. The number of hydrogen-bond acceptors (Lipinski definition) is 6. The van der Waals surface area contributed by atoms with E-state index in [1.54, 1.807) is 26.0 Å². The van der Waals surface area contributed by atoms with Gasteiger partial charge in [0.05, 0.1) is 12.8 Å². The minimum absolute atomic E-state index is 0.109. The minimum Gasteiger partial charge on any atom is -0.495 e. The summed E-state index contributed by atoms with van der Waals surface area (Å²) in [4.78, 5) is 12.7. The van der Waals surface area contributed by atoms with Crippen molar-refractivity contribution in [2.24, 2.45) is 0 Å². The van der Waals surface area contributed by atoms with Gasteiger partial charge in [0.2, 0.25) is 10.0 Å². The predicted molar refractivity (Wildman–Crippen MR) is 112 cm³/mol. The largest absolute Gasteiger partial charge is 0.495 e. The predicted octanol–water partition coefficient (Wildman–Crippen LogP) is 3.17. The van der Waals surface area contributed by atoms with Gasteiger partial charge in [0.15, 0.2) is 11.5 Å². The molecule has 0 saturated heterocycles. The lowest BCUT2D eigenvalue weighted by atomic mass is 10.2. The van der Waals surface area contributed by atoms with Crippen LogP contribution in [0, 0.1) is 0 Å². The van der Waals surface area contributed by atoms with Crippen molar-refractivity contribution in [1.29, 1.82) is 0 Å². The van der Waals surface area contributed by atoms with Crippen LogP contribution in [0.4, 0.5) is 5.69 Å². The first kappa shape index (κ1) is 21.4. The van der Waals surface area contributed by atoms with Crippen molar-refractivity contribution in [1.82, 2.24) is 4.72 Å². The summed E-state index contributed by atoms with van der Waals surface area (Å²) in [6.45, 7) is 4.29. The summed E-state index contributed by atoms with van der Waals surface area (Å²) in [7, 11) is -2.48. The summed E-state index contributed by atoms with van der Waals surface area (Å²) >= 11 is 3.40. The number of fused-ring (bicyclic) bond motifs is 1. The first-order valence-corrected chi connectivity index (χ1v) is 11.1. The smallest absolute Gasteiger partial charge is 0.255 e. The Balaban J connectivity index is 1.91. The van der Waals surface area contributed by atoms with E-state index in [1.807, 2.05) is 0 Å². The van der Waals surface area contributed by atoms with Crippen LogP contribution in [-0.2, 0) is 10.0 Å². The zero-order valence-corrected chi connectivity index (χ0v) is 18.5. The number of nitrogens with one attached hydrogen (secondary N) is 2. The third-order valence-corrected chi connectivity index (χ3v) is 6.32. The molecule has 0 unspecified atom stereocenters. The zero-order valence-electron chi connectivity index (χ0n) is 16.1. The van der Waals surface area contributed by atoms with Crippen LogP contribution in [0.1, 0.15) is 24.2 Å². The highest BCUT2D eigenvalue weighted by atomic mass is 79.9. The molecule has 1 heterocycles. The molecule has 0 radical (unpaired) electrons. The number of ether oxygens (including phenoxy) is 3. The molecule has 2 N–H and O–H groups in total. The van der Waals surface area contributed by atoms with Gasteiger partial charge in [0, 0.05) is 28.2 Å². The van der Waals surface area contributed by atoms with Gasteiger partial charge < -0.3 is 19.5 Å². The Bertz CT molecular complexity index is 1040. The summed E-state index contributed by atoms with van der Waals surface area (Å²) in [6.07, 6.45) is 0. The van der Waals surface area contributed by atoms with Crippen LogP contribution in [0.5, 0.6) is 17.2 Å². The van der Waals surface area contributed by atoms with E-state index in [0.717, 1.165) is 0 Å². The van der Waals surface area contributed by atoms with E-state index in [-0.39, 0.29) is 22.3 Å². The van der Waals surface area contributed by atoms with Gasteiger partial charge in [-0.3, -0.25) is 4.79 Å². The van der Waals surface area contributed by atoms with Crippen LogP contribution in [0.25, 0.3) is 0 Å².